The molecule has 1 aromatic heterocycles. The first-order chi connectivity index (χ1) is 14.2. The van der Waals surface area contributed by atoms with Gasteiger partial charge in [0, 0.05) is 17.6 Å². The highest BCUT2D eigenvalue weighted by Gasteiger charge is 2.35. The summed E-state index contributed by atoms with van der Waals surface area (Å²) in [7, 11) is 0. The molecular formula is C22H20F3N5. The van der Waals surface area contributed by atoms with Gasteiger partial charge in [-0.2, -0.15) is 23.4 Å². The molecule has 5 nitrogen and oxygen atoms in total. The predicted molar refractivity (Wildman–Crippen MR) is 110 cm³/mol. The van der Waals surface area contributed by atoms with E-state index in [2.05, 4.69) is 34.4 Å². The minimum Gasteiger partial charge on any atom is -0.340 e. The van der Waals surface area contributed by atoms with Crippen molar-refractivity contribution in [2.75, 3.05) is 10.6 Å². The molecule has 0 radical (unpaired) electrons. The fraction of sp³-hybridized carbons (Fsp3) is 0.227. The Morgan fingerprint density at radius 3 is 2.13 bits per heavy atom. The van der Waals surface area contributed by atoms with Crippen molar-refractivity contribution in [1.29, 1.82) is 5.26 Å². The highest BCUT2D eigenvalue weighted by Crippen LogP contribution is 2.35. The second kappa shape index (κ2) is 8.82. The zero-order chi connectivity index (χ0) is 21.7. The summed E-state index contributed by atoms with van der Waals surface area (Å²) in [6, 6.07) is 15.6. The third-order valence-corrected chi connectivity index (χ3v) is 4.22. The van der Waals surface area contributed by atoms with Crippen molar-refractivity contribution in [3.63, 3.8) is 0 Å². The Hall–Kier alpha value is -3.60. The van der Waals surface area contributed by atoms with Crippen LogP contribution in [-0.2, 0) is 12.6 Å². The predicted octanol–water partition coefficient (Wildman–Crippen LogP) is 6.05. The molecule has 0 saturated heterocycles. The molecule has 0 atom stereocenters. The molecule has 0 saturated carbocycles. The first-order valence-electron chi connectivity index (χ1n) is 9.32. The Kier molecular flexibility index (Phi) is 6.21. The van der Waals surface area contributed by atoms with Crippen molar-refractivity contribution >= 4 is 23.1 Å². The molecule has 3 aromatic rings. The van der Waals surface area contributed by atoms with Gasteiger partial charge in [0.1, 0.15) is 11.4 Å². The summed E-state index contributed by atoms with van der Waals surface area (Å²) in [6.07, 6.45) is -2.93. The van der Waals surface area contributed by atoms with Crippen LogP contribution in [0.5, 0.6) is 0 Å². The molecule has 8 heteroatoms. The monoisotopic (exact) mass is 411 g/mol. The van der Waals surface area contributed by atoms with Gasteiger partial charge < -0.3 is 10.6 Å². The Balaban J connectivity index is 1.85. The fourth-order valence-corrected chi connectivity index (χ4v) is 2.83. The van der Waals surface area contributed by atoms with Crippen LogP contribution in [0.15, 0.2) is 54.7 Å². The minimum atomic E-state index is -4.62. The van der Waals surface area contributed by atoms with E-state index >= 15 is 0 Å². The van der Waals surface area contributed by atoms with Crippen LogP contribution in [-0.4, -0.2) is 9.97 Å². The Morgan fingerprint density at radius 2 is 1.57 bits per heavy atom. The minimum absolute atomic E-state index is 0.0377. The molecule has 154 valence electrons. The maximum Gasteiger partial charge on any atom is 0.421 e. The summed E-state index contributed by atoms with van der Waals surface area (Å²) < 4.78 is 40.2. The largest absolute Gasteiger partial charge is 0.421 e. The third kappa shape index (κ3) is 5.47. The summed E-state index contributed by atoms with van der Waals surface area (Å²) >= 11 is 0. The van der Waals surface area contributed by atoms with Crippen LogP contribution in [0.1, 0.15) is 30.5 Å². The van der Waals surface area contributed by atoms with E-state index in [1.54, 1.807) is 0 Å². The zero-order valence-corrected chi connectivity index (χ0v) is 16.5. The molecule has 2 aromatic carbocycles. The van der Waals surface area contributed by atoms with E-state index in [0.29, 0.717) is 22.9 Å². The summed E-state index contributed by atoms with van der Waals surface area (Å²) in [5, 5.41) is 14.5. The molecular weight excluding hydrogens is 391 g/mol. The number of benzene rings is 2. The molecule has 0 amide bonds. The number of nitriles is 1. The second-order valence-electron chi connectivity index (χ2n) is 7.19. The summed E-state index contributed by atoms with van der Waals surface area (Å²) in [5.74, 6) is 0.190. The molecule has 1 heterocycles. The lowest BCUT2D eigenvalue weighted by Gasteiger charge is -2.15. The van der Waals surface area contributed by atoms with Crippen LogP contribution in [0.25, 0.3) is 0 Å². The van der Waals surface area contributed by atoms with E-state index in [1.807, 2.05) is 30.3 Å². The summed E-state index contributed by atoms with van der Waals surface area (Å²) in [4.78, 5) is 7.84. The van der Waals surface area contributed by atoms with E-state index in [0.717, 1.165) is 12.6 Å². The highest BCUT2D eigenvalue weighted by atomic mass is 19.4. The van der Waals surface area contributed by atoms with Crippen molar-refractivity contribution in [2.24, 2.45) is 5.92 Å². The van der Waals surface area contributed by atoms with Gasteiger partial charge in [-0.3, -0.25) is 0 Å². The molecule has 0 unspecified atom stereocenters. The SMILES string of the molecule is CC(C)Cc1ccc(Nc2ncc(C(F)(F)F)c(Nc3ccc(C#N)cc3)n2)cc1. The zero-order valence-electron chi connectivity index (χ0n) is 16.5. The number of halogens is 3. The molecule has 3 rings (SSSR count). The standard InChI is InChI=1S/C22H20F3N5/c1-14(2)11-15-3-7-18(8-4-15)29-21-27-13-19(22(23,24)25)20(30-21)28-17-9-5-16(12-26)6-10-17/h3-10,13-14H,11H2,1-2H3,(H2,27,28,29,30). The average molecular weight is 411 g/mol. The number of hydrogen-bond donors (Lipinski definition) is 2. The normalized spacial score (nSPS) is 11.2. The van der Waals surface area contributed by atoms with Gasteiger partial charge in [0.05, 0.1) is 11.6 Å². The van der Waals surface area contributed by atoms with Gasteiger partial charge in [0.15, 0.2) is 0 Å². The van der Waals surface area contributed by atoms with Crippen molar-refractivity contribution < 1.29 is 13.2 Å². The van der Waals surface area contributed by atoms with Crippen LogP contribution in [0.2, 0.25) is 0 Å². The van der Waals surface area contributed by atoms with Gasteiger partial charge >= 0.3 is 6.18 Å². The molecule has 0 aliphatic carbocycles. The smallest absolute Gasteiger partial charge is 0.340 e. The highest BCUT2D eigenvalue weighted by molar-refractivity contribution is 5.63. The Labute approximate surface area is 172 Å². The molecule has 0 aliphatic heterocycles. The lowest BCUT2D eigenvalue weighted by molar-refractivity contribution is -0.137. The van der Waals surface area contributed by atoms with Crippen LogP contribution in [0, 0.1) is 17.2 Å². The molecule has 0 fully saturated rings. The number of nitrogens with zero attached hydrogens (tertiary/aromatic N) is 3. The Bertz CT molecular complexity index is 1040. The topological polar surface area (TPSA) is 73.6 Å². The number of rotatable bonds is 6. The van der Waals surface area contributed by atoms with Gasteiger partial charge in [-0.25, -0.2) is 4.98 Å². The van der Waals surface area contributed by atoms with Crippen LogP contribution < -0.4 is 10.6 Å². The molecule has 30 heavy (non-hydrogen) atoms. The third-order valence-electron chi connectivity index (χ3n) is 4.22. The van der Waals surface area contributed by atoms with Crippen LogP contribution in [0.3, 0.4) is 0 Å². The van der Waals surface area contributed by atoms with Gasteiger partial charge in [-0.05, 0) is 54.3 Å². The van der Waals surface area contributed by atoms with Crippen LogP contribution >= 0.6 is 0 Å². The fourth-order valence-electron chi connectivity index (χ4n) is 2.83. The molecule has 0 bridgehead atoms. The summed E-state index contributed by atoms with van der Waals surface area (Å²) in [6.45, 7) is 4.26. The van der Waals surface area contributed by atoms with Crippen molar-refractivity contribution in [2.45, 2.75) is 26.4 Å². The quantitative estimate of drug-likeness (QED) is 0.516. The number of anilines is 4. The van der Waals surface area contributed by atoms with E-state index in [-0.39, 0.29) is 11.8 Å². The van der Waals surface area contributed by atoms with E-state index in [4.69, 9.17) is 5.26 Å². The van der Waals surface area contributed by atoms with Crippen LogP contribution in [0.4, 0.5) is 36.3 Å². The second-order valence-corrected chi connectivity index (χ2v) is 7.19. The first kappa shape index (κ1) is 21.1. The maximum absolute atomic E-state index is 13.4. The van der Waals surface area contributed by atoms with E-state index in [9.17, 15) is 13.2 Å². The molecule has 2 N–H and O–H groups in total. The van der Waals surface area contributed by atoms with Crippen molar-refractivity contribution in [1.82, 2.24) is 9.97 Å². The number of alkyl halides is 3. The van der Waals surface area contributed by atoms with Gasteiger partial charge in [0.2, 0.25) is 5.95 Å². The maximum atomic E-state index is 13.4. The lowest BCUT2D eigenvalue weighted by Crippen LogP contribution is -2.12. The summed E-state index contributed by atoms with van der Waals surface area (Å²) in [5.41, 5.74) is 1.65. The number of hydrogen-bond acceptors (Lipinski definition) is 5. The molecule has 0 spiro atoms. The lowest BCUT2D eigenvalue weighted by atomic mass is 10.0. The van der Waals surface area contributed by atoms with Gasteiger partial charge in [0.25, 0.3) is 0 Å². The van der Waals surface area contributed by atoms with Crippen molar-refractivity contribution in [3.05, 3.63) is 71.4 Å². The van der Waals surface area contributed by atoms with Gasteiger partial charge in [-0.15, -0.1) is 0 Å². The molecule has 0 aliphatic rings. The van der Waals surface area contributed by atoms with Gasteiger partial charge in [-0.1, -0.05) is 26.0 Å². The average Bonchev–Trinajstić information content (AvgIpc) is 2.69. The van der Waals surface area contributed by atoms with Crippen molar-refractivity contribution in [3.8, 4) is 6.07 Å². The van der Waals surface area contributed by atoms with E-state index < -0.39 is 11.7 Å². The number of nitrogens with one attached hydrogen (secondary N) is 2. The number of aromatic nitrogens is 2. The first-order valence-corrected chi connectivity index (χ1v) is 9.32. The van der Waals surface area contributed by atoms with E-state index in [1.165, 1.54) is 29.8 Å². The Morgan fingerprint density at radius 1 is 0.967 bits per heavy atom.